The molecule has 1 aliphatic heterocycles. The van der Waals surface area contributed by atoms with Gasteiger partial charge in [0.2, 0.25) is 12.7 Å². The molecule has 0 aliphatic carbocycles. The first-order valence-corrected chi connectivity index (χ1v) is 9.04. The Hall–Kier alpha value is -2.89. The maximum absolute atomic E-state index is 12.2. The maximum Gasteiger partial charge on any atom is 0.231 e. The van der Waals surface area contributed by atoms with E-state index in [1.165, 1.54) is 0 Å². The Morgan fingerprint density at radius 2 is 1.85 bits per heavy atom. The minimum Gasteiger partial charge on any atom is -0.493 e. The van der Waals surface area contributed by atoms with Crippen LogP contribution in [0.5, 0.6) is 23.0 Å². The standard InChI is InChI=1S/C21H25NO5/c1-14(2)27-18-8-5-16(11-19(18)24-3)12-22-21(23)9-6-15-4-7-17-20(10-15)26-13-25-17/h4-5,7-8,10-11,14H,6,9,12-13H2,1-3H3,(H,22,23). The molecule has 6 heteroatoms. The molecule has 0 saturated carbocycles. The second-order valence-electron chi connectivity index (χ2n) is 6.62. The van der Waals surface area contributed by atoms with E-state index in [1.54, 1.807) is 7.11 Å². The first-order chi connectivity index (χ1) is 13.0. The summed E-state index contributed by atoms with van der Waals surface area (Å²) >= 11 is 0. The highest BCUT2D eigenvalue weighted by atomic mass is 16.7. The van der Waals surface area contributed by atoms with Gasteiger partial charge in [-0.2, -0.15) is 0 Å². The molecular weight excluding hydrogens is 346 g/mol. The van der Waals surface area contributed by atoms with E-state index >= 15 is 0 Å². The average molecular weight is 371 g/mol. The maximum atomic E-state index is 12.2. The number of carbonyl (C=O) groups excluding carboxylic acids is 1. The number of amides is 1. The zero-order chi connectivity index (χ0) is 19.2. The largest absolute Gasteiger partial charge is 0.493 e. The first-order valence-electron chi connectivity index (χ1n) is 9.04. The molecule has 1 N–H and O–H groups in total. The number of aryl methyl sites for hydroxylation is 1. The van der Waals surface area contributed by atoms with Gasteiger partial charge in [-0.1, -0.05) is 12.1 Å². The average Bonchev–Trinajstić information content (AvgIpc) is 3.13. The minimum absolute atomic E-state index is 0.00543. The third-order valence-corrected chi connectivity index (χ3v) is 4.16. The predicted molar refractivity (Wildman–Crippen MR) is 101 cm³/mol. The monoisotopic (exact) mass is 371 g/mol. The van der Waals surface area contributed by atoms with E-state index in [0.29, 0.717) is 30.9 Å². The predicted octanol–water partition coefficient (Wildman–Crippen LogP) is 3.46. The molecule has 0 radical (unpaired) electrons. The van der Waals surface area contributed by atoms with Gasteiger partial charge in [-0.25, -0.2) is 0 Å². The van der Waals surface area contributed by atoms with Crippen LogP contribution in [-0.2, 0) is 17.8 Å². The lowest BCUT2D eigenvalue weighted by molar-refractivity contribution is -0.121. The van der Waals surface area contributed by atoms with Gasteiger partial charge in [0.05, 0.1) is 13.2 Å². The molecule has 1 heterocycles. The number of benzene rings is 2. The lowest BCUT2D eigenvalue weighted by atomic mass is 10.1. The molecule has 0 fully saturated rings. The molecular formula is C21H25NO5. The van der Waals surface area contributed by atoms with Crippen LogP contribution in [0, 0.1) is 0 Å². The Bertz CT molecular complexity index is 803. The highest BCUT2D eigenvalue weighted by Crippen LogP contribution is 2.32. The zero-order valence-electron chi connectivity index (χ0n) is 15.9. The molecule has 144 valence electrons. The van der Waals surface area contributed by atoms with Crippen LogP contribution in [0.15, 0.2) is 36.4 Å². The van der Waals surface area contributed by atoms with E-state index < -0.39 is 0 Å². The van der Waals surface area contributed by atoms with Crippen molar-refractivity contribution in [2.24, 2.45) is 0 Å². The van der Waals surface area contributed by atoms with Gasteiger partial charge < -0.3 is 24.3 Å². The number of methoxy groups -OCH3 is 1. The van der Waals surface area contributed by atoms with Gasteiger partial charge in [-0.05, 0) is 55.7 Å². The summed E-state index contributed by atoms with van der Waals surface area (Å²) in [4.78, 5) is 12.2. The minimum atomic E-state index is -0.00543. The number of hydrogen-bond acceptors (Lipinski definition) is 5. The molecule has 0 aromatic heterocycles. The van der Waals surface area contributed by atoms with Crippen LogP contribution in [-0.4, -0.2) is 25.9 Å². The summed E-state index contributed by atoms with van der Waals surface area (Å²) in [6.45, 7) is 4.63. The van der Waals surface area contributed by atoms with Gasteiger partial charge in [0.1, 0.15) is 0 Å². The van der Waals surface area contributed by atoms with Crippen molar-refractivity contribution in [1.29, 1.82) is 0 Å². The van der Waals surface area contributed by atoms with Crippen molar-refractivity contribution in [3.63, 3.8) is 0 Å². The fourth-order valence-corrected chi connectivity index (χ4v) is 2.82. The van der Waals surface area contributed by atoms with Crippen LogP contribution >= 0.6 is 0 Å². The Balaban J connectivity index is 1.50. The van der Waals surface area contributed by atoms with Crippen LogP contribution in [0.3, 0.4) is 0 Å². The summed E-state index contributed by atoms with van der Waals surface area (Å²) in [5, 5.41) is 2.94. The van der Waals surface area contributed by atoms with Crippen molar-refractivity contribution >= 4 is 5.91 Å². The SMILES string of the molecule is COc1cc(CNC(=O)CCc2ccc3c(c2)OCO3)ccc1OC(C)C. The molecule has 3 rings (SSSR count). The van der Waals surface area contributed by atoms with Gasteiger partial charge >= 0.3 is 0 Å². The Labute approximate surface area is 159 Å². The molecule has 2 aromatic carbocycles. The fraction of sp³-hybridized carbons (Fsp3) is 0.381. The summed E-state index contributed by atoms with van der Waals surface area (Å²) in [6, 6.07) is 11.4. The molecule has 1 aliphatic rings. The highest BCUT2D eigenvalue weighted by molar-refractivity contribution is 5.76. The summed E-state index contributed by atoms with van der Waals surface area (Å²) < 4.78 is 21.7. The van der Waals surface area contributed by atoms with E-state index in [-0.39, 0.29) is 18.8 Å². The van der Waals surface area contributed by atoms with Gasteiger partial charge in [0.15, 0.2) is 23.0 Å². The van der Waals surface area contributed by atoms with E-state index in [2.05, 4.69) is 5.32 Å². The lowest BCUT2D eigenvalue weighted by Crippen LogP contribution is -2.23. The number of hydrogen-bond donors (Lipinski definition) is 1. The van der Waals surface area contributed by atoms with Crippen LogP contribution in [0.25, 0.3) is 0 Å². The topological polar surface area (TPSA) is 66.0 Å². The second kappa shape index (κ2) is 8.66. The molecule has 0 bridgehead atoms. The summed E-state index contributed by atoms with van der Waals surface area (Å²) in [5.41, 5.74) is 2.01. The normalized spacial score (nSPS) is 12.1. The molecule has 2 aromatic rings. The molecule has 1 amide bonds. The Morgan fingerprint density at radius 3 is 2.63 bits per heavy atom. The van der Waals surface area contributed by atoms with Crippen LogP contribution in [0.2, 0.25) is 0 Å². The number of rotatable bonds is 8. The zero-order valence-corrected chi connectivity index (χ0v) is 15.9. The van der Waals surface area contributed by atoms with Gasteiger partial charge in [-0.15, -0.1) is 0 Å². The molecule has 27 heavy (non-hydrogen) atoms. The molecule has 0 saturated heterocycles. The number of ether oxygens (including phenoxy) is 4. The van der Waals surface area contributed by atoms with Crippen LogP contribution in [0.4, 0.5) is 0 Å². The lowest BCUT2D eigenvalue weighted by Gasteiger charge is -2.14. The summed E-state index contributed by atoms with van der Waals surface area (Å²) in [6.07, 6.45) is 1.12. The van der Waals surface area contributed by atoms with Crippen molar-refractivity contribution < 1.29 is 23.7 Å². The fourth-order valence-electron chi connectivity index (χ4n) is 2.82. The van der Waals surface area contributed by atoms with Gasteiger partial charge in [0, 0.05) is 13.0 Å². The number of carbonyl (C=O) groups is 1. The summed E-state index contributed by atoms with van der Waals surface area (Å²) in [5.74, 6) is 2.85. The van der Waals surface area contributed by atoms with Gasteiger partial charge in [0.25, 0.3) is 0 Å². The van der Waals surface area contributed by atoms with E-state index in [9.17, 15) is 4.79 Å². The van der Waals surface area contributed by atoms with E-state index in [0.717, 1.165) is 22.6 Å². The molecule has 0 unspecified atom stereocenters. The van der Waals surface area contributed by atoms with E-state index in [4.69, 9.17) is 18.9 Å². The van der Waals surface area contributed by atoms with Crippen molar-refractivity contribution in [2.45, 2.75) is 39.3 Å². The smallest absolute Gasteiger partial charge is 0.231 e. The van der Waals surface area contributed by atoms with Crippen molar-refractivity contribution in [2.75, 3.05) is 13.9 Å². The number of nitrogens with one attached hydrogen (secondary N) is 1. The van der Waals surface area contributed by atoms with Crippen molar-refractivity contribution in [1.82, 2.24) is 5.32 Å². The Morgan fingerprint density at radius 1 is 1.07 bits per heavy atom. The quantitative estimate of drug-likeness (QED) is 0.770. The second-order valence-corrected chi connectivity index (χ2v) is 6.62. The highest BCUT2D eigenvalue weighted by Gasteiger charge is 2.14. The number of fused-ring (bicyclic) bond motifs is 1. The first kappa shape index (κ1) is 18.9. The summed E-state index contributed by atoms with van der Waals surface area (Å²) in [7, 11) is 1.61. The third-order valence-electron chi connectivity index (χ3n) is 4.16. The van der Waals surface area contributed by atoms with Crippen LogP contribution in [0.1, 0.15) is 31.4 Å². The molecule has 6 nitrogen and oxygen atoms in total. The molecule has 0 spiro atoms. The van der Waals surface area contributed by atoms with E-state index in [1.807, 2.05) is 50.2 Å². The Kier molecular flexibility index (Phi) is 6.06. The van der Waals surface area contributed by atoms with Crippen LogP contribution < -0.4 is 24.3 Å². The third kappa shape index (κ3) is 5.06. The van der Waals surface area contributed by atoms with Crippen molar-refractivity contribution in [3.8, 4) is 23.0 Å². The van der Waals surface area contributed by atoms with Gasteiger partial charge in [-0.3, -0.25) is 4.79 Å². The molecule has 0 atom stereocenters. The van der Waals surface area contributed by atoms with Crippen molar-refractivity contribution in [3.05, 3.63) is 47.5 Å².